The Morgan fingerprint density at radius 1 is 1.21 bits per heavy atom. The van der Waals surface area contributed by atoms with E-state index >= 15 is 0 Å². The van der Waals surface area contributed by atoms with Crippen molar-refractivity contribution >= 4 is 11.4 Å². The fourth-order valence-electron chi connectivity index (χ4n) is 1.97. The summed E-state index contributed by atoms with van der Waals surface area (Å²) in [7, 11) is 0. The zero-order chi connectivity index (χ0) is 10.7. The molecule has 0 radical (unpaired) electrons. The minimum Gasteiger partial charge on any atom is -0.303 e. The molecule has 14 heavy (non-hydrogen) atoms. The largest absolute Gasteiger partial charge is 0.303 e. The Hall–Kier alpha value is -0.920. The van der Waals surface area contributed by atoms with E-state index in [1.807, 2.05) is 0 Å². The second-order valence-corrected chi connectivity index (χ2v) is 4.14. The van der Waals surface area contributed by atoms with Crippen LogP contribution < -0.4 is 0 Å². The lowest BCUT2D eigenvalue weighted by molar-refractivity contribution is 0.366. The first-order valence-electron chi connectivity index (χ1n) is 5.42. The van der Waals surface area contributed by atoms with Crippen LogP contribution in [0.4, 0.5) is 0 Å². The molecule has 0 saturated heterocycles. The molecular weight excluding hydrogens is 172 g/mol. The second kappa shape index (κ2) is 4.54. The van der Waals surface area contributed by atoms with Crippen molar-refractivity contribution in [1.29, 1.82) is 10.8 Å². The maximum absolute atomic E-state index is 7.84. The Balaban J connectivity index is 2.86. The van der Waals surface area contributed by atoms with Crippen molar-refractivity contribution in [2.75, 3.05) is 0 Å². The zero-order valence-corrected chi connectivity index (χ0v) is 9.41. The maximum atomic E-state index is 7.84. The average Bonchev–Trinajstić information content (AvgIpc) is 2.01. The third-order valence-corrected chi connectivity index (χ3v) is 3.22. The fourth-order valence-corrected chi connectivity index (χ4v) is 1.97. The third kappa shape index (κ3) is 2.11. The third-order valence-electron chi connectivity index (χ3n) is 3.22. The van der Waals surface area contributed by atoms with Crippen molar-refractivity contribution < 1.29 is 0 Å². The first kappa shape index (κ1) is 11.2. The Morgan fingerprint density at radius 3 is 2.07 bits per heavy atom. The van der Waals surface area contributed by atoms with Gasteiger partial charge in [0.05, 0.1) is 11.4 Å². The Morgan fingerprint density at radius 2 is 1.79 bits per heavy atom. The summed E-state index contributed by atoms with van der Waals surface area (Å²) in [5.74, 6) is 0.699. The summed E-state index contributed by atoms with van der Waals surface area (Å²) in [5, 5.41) is 15.3. The van der Waals surface area contributed by atoms with Gasteiger partial charge in [0.25, 0.3) is 0 Å². The van der Waals surface area contributed by atoms with Gasteiger partial charge in [-0.15, -0.1) is 0 Å². The molecule has 2 heteroatoms. The van der Waals surface area contributed by atoms with E-state index < -0.39 is 0 Å². The van der Waals surface area contributed by atoms with Crippen molar-refractivity contribution in [1.82, 2.24) is 0 Å². The molecule has 1 saturated carbocycles. The van der Waals surface area contributed by atoms with Crippen LogP contribution in [0.5, 0.6) is 0 Å². The van der Waals surface area contributed by atoms with Crippen LogP contribution in [0.2, 0.25) is 0 Å². The second-order valence-electron chi connectivity index (χ2n) is 4.14. The van der Waals surface area contributed by atoms with Crippen molar-refractivity contribution in [3.05, 3.63) is 11.1 Å². The summed E-state index contributed by atoms with van der Waals surface area (Å²) in [6.45, 7) is 5.92. The molecule has 1 aliphatic carbocycles. The molecule has 0 heterocycles. The summed E-state index contributed by atoms with van der Waals surface area (Å²) < 4.78 is 0. The van der Waals surface area contributed by atoms with E-state index in [-0.39, 0.29) is 0 Å². The number of rotatable bonds is 4. The predicted molar refractivity (Wildman–Crippen MR) is 61.5 cm³/mol. The van der Waals surface area contributed by atoms with E-state index in [0.29, 0.717) is 17.3 Å². The highest BCUT2D eigenvalue weighted by Crippen LogP contribution is 2.35. The van der Waals surface area contributed by atoms with Gasteiger partial charge in [-0.1, -0.05) is 18.9 Å². The van der Waals surface area contributed by atoms with Crippen LogP contribution in [0, 0.1) is 16.7 Å². The molecule has 0 unspecified atom stereocenters. The molecule has 0 bridgehead atoms. The van der Waals surface area contributed by atoms with Crippen LogP contribution in [0.1, 0.15) is 46.5 Å². The SMILES string of the molecule is CC/C(C(=N)C(C)=N)=C(/C)C1CCC1. The maximum Gasteiger partial charge on any atom is 0.0776 e. The molecule has 78 valence electrons. The van der Waals surface area contributed by atoms with E-state index in [4.69, 9.17) is 10.8 Å². The minimum atomic E-state index is 0.389. The van der Waals surface area contributed by atoms with Crippen LogP contribution in [0.15, 0.2) is 11.1 Å². The standard InChI is InChI=1S/C12H20N2/c1-4-11(12(14)9(3)13)8(2)10-6-5-7-10/h10,13-14H,4-7H2,1-3H3/b11-8+,13-9?,14-12?. The van der Waals surface area contributed by atoms with E-state index in [9.17, 15) is 0 Å². The number of allylic oxidation sites excluding steroid dienone is 2. The lowest BCUT2D eigenvalue weighted by atomic mass is 9.77. The minimum absolute atomic E-state index is 0.389. The van der Waals surface area contributed by atoms with E-state index in [0.717, 1.165) is 12.0 Å². The van der Waals surface area contributed by atoms with Gasteiger partial charge < -0.3 is 5.41 Å². The van der Waals surface area contributed by atoms with Gasteiger partial charge in [-0.2, -0.15) is 0 Å². The molecule has 0 aromatic carbocycles. The lowest BCUT2D eigenvalue weighted by Crippen LogP contribution is -2.19. The lowest BCUT2D eigenvalue weighted by Gasteiger charge is -2.28. The Kier molecular flexibility index (Phi) is 3.62. The van der Waals surface area contributed by atoms with Gasteiger partial charge in [-0.25, -0.2) is 0 Å². The van der Waals surface area contributed by atoms with Gasteiger partial charge in [0, 0.05) is 0 Å². The number of hydrogen-bond acceptors (Lipinski definition) is 2. The zero-order valence-electron chi connectivity index (χ0n) is 9.41. The first-order chi connectivity index (χ1) is 6.57. The molecular formula is C12H20N2. The number of nitrogens with one attached hydrogen (secondary N) is 2. The summed E-state index contributed by atoms with van der Waals surface area (Å²) in [6.07, 6.45) is 4.77. The van der Waals surface area contributed by atoms with Crippen molar-refractivity contribution in [2.45, 2.75) is 46.5 Å². The smallest absolute Gasteiger partial charge is 0.0776 e. The van der Waals surface area contributed by atoms with Crippen LogP contribution in [0.25, 0.3) is 0 Å². The molecule has 1 fully saturated rings. The van der Waals surface area contributed by atoms with Crippen LogP contribution in [0.3, 0.4) is 0 Å². The Bertz CT molecular complexity index is 283. The summed E-state index contributed by atoms with van der Waals surface area (Å²) >= 11 is 0. The normalized spacial score (nSPS) is 18.5. The van der Waals surface area contributed by atoms with Crippen molar-refractivity contribution in [2.24, 2.45) is 5.92 Å². The first-order valence-corrected chi connectivity index (χ1v) is 5.42. The van der Waals surface area contributed by atoms with Gasteiger partial charge in [-0.05, 0) is 44.6 Å². The van der Waals surface area contributed by atoms with Gasteiger partial charge in [-0.3, -0.25) is 5.41 Å². The van der Waals surface area contributed by atoms with E-state index in [2.05, 4.69) is 13.8 Å². The van der Waals surface area contributed by atoms with Gasteiger partial charge in [0.1, 0.15) is 0 Å². The van der Waals surface area contributed by atoms with Crippen LogP contribution >= 0.6 is 0 Å². The molecule has 0 aromatic rings. The monoisotopic (exact) mass is 192 g/mol. The van der Waals surface area contributed by atoms with Crippen molar-refractivity contribution in [3.63, 3.8) is 0 Å². The molecule has 0 atom stereocenters. The molecule has 2 nitrogen and oxygen atoms in total. The summed E-state index contributed by atoms with van der Waals surface area (Å²) in [5.41, 5.74) is 3.29. The molecule has 0 aromatic heterocycles. The fraction of sp³-hybridized carbons (Fsp3) is 0.667. The molecule has 1 rings (SSSR count). The quantitative estimate of drug-likeness (QED) is 0.640. The highest BCUT2D eigenvalue weighted by molar-refractivity contribution is 6.45. The molecule has 0 spiro atoms. The average molecular weight is 192 g/mol. The molecule has 0 amide bonds. The Labute approximate surface area is 86.4 Å². The highest BCUT2D eigenvalue weighted by Gasteiger charge is 2.22. The molecule has 0 aliphatic heterocycles. The topological polar surface area (TPSA) is 47.7 Å². The van der Waals surface area contributed by atoms with Crippen LogP contribution in [-0.2, 0) is 0 Å². The highest BCUT2D eigenvalue weighted by atomic mass is 14.5. The van der Waals surface area contributed by atoms with E-state index in [1.165, 1.54) is 24.8 Å². The van der Waals surface area contributed by atoms with Crippen molar-refractivity contribution in [3.8, 4) is 0 Å². The molecule has 1 aliphatic rings. The summed E-state index contributed by atoms with van der Waals surface area (Å²) in [6, 6.07) is 0. The molecule has 2 N–H and O–H groups in total. The van der Waals surface area contributed by atoms with Gasteiger partial charge in [0.2, 0.25) is 0 Å². The van der Waals surface area contributed by atoms with Gasteiger partial charge in [0.15, 0.2) is 0 Å². The van der Waals surface area contributed by atoms with Crippen LogP contribution in [-0.4, -0.2) is 11.4 Å². The predicted octanol–water partition coefficient (Wildman–Crippen LogP) is 3.57. The number of hydrogen-bond donors (Lipinski definition) is 2. The van der Waals surface area contributed by atoms with Gasteiger partial charge >= 0.3 is 0 Å². The van der Waals surface area contributed by atoms with E-state index in [1.54, 1.807) is 6.92 Å². The summed E-state index contributed by atoms with van der Waals surface area (Å²) in [4.78, 5) is 0.